The van der Waals surface area contributed by atoms with Crippen LogP contribution in [-0.4, -0.2) is 24.3 Å². The summed E-state index contributed by atoms with van der Waals surface area (Å²) in [5, 5.41) is 8.64. The number of rotatable bonds is 3. The second-order valence-corrected chi connectivity index (χ2v) is 2.92. The summed E-state index contributed by atoms with van der Waals surface area (Å²) in [5.41, 5.74) is -0.231. The van der Waals surface area contributed by atoms with Gasteiger partial charge in [0.1, 0.15) is 12.4 Å². The first-order valence-electron chi connectivity index (χ1n) is 3.88. The van der Waals surface area contributed by atoms with E-state index in [-0.39, 0.29) is 23.8 Å². The number of carbonyl (C=O) groups excluding carboxylic acids is 1. The third kappa shape index (κ3) is 2.68. The van der Waals surface area contributed by atoms with E-state index in [1.807, 2.05) is 0 Å². The molecule has 0 aliphatic heterocycles. The lowest BCUT2D eigenvalue weighted by atomic mass is 10.2. The number of benzene rings is 1. The molecule has 3 nitrogen and oxygen atoms in total. The fourth-order valence-corrected chi connectivity index (χ4v) is 1.04. The summed E-state index contributed by atoms with van der Waals surface area (Å²) < 4.78 is 17.6. The first-order valence-corrected chi connectivity index (χ1v) is 4.26. The summed E-state index contributed by atoms with van der Waals surface area (Å²) in [5.74, 6) is -1.53. The van der Waals surface area contributed by atoms with E-state index in [0.717, 1.165) is 6.07 Å². The molecule has 0 aliphatic carbocycles. The Morgan fingerprint density at radius 3 is 2.93 bits per heavy atom. The summed E-state index contributed by atoms with van der Waals surface area (Å²) in [6, 6.07) is 3.59. The molecule has 1 N–H and O–H groups in total. The number of hydrogen-bond donors (Lipinski definition) is 1. The van der Waals surface area contributed by atoms with Crippen molar-refractivity contribution < 1.29 is 19.0 Å². The number of aliphatic hydroxyl groups excluding tert-OH is 1. The second kappa shape index (κ2) is 4.93. The van der Waals surface area contributed by atoms with E-state index in [9.17, 15) is 9.18 Å². The fraction of sp³-hybridized carbons (Fsp3) is 0.222. The minimum atomic E-state index is -0.834. The highest BCUT2D eigenvalue weighted by molar-refractivity contribution is 6.30. The molecule has 0 amide bonds. The van der Waals surface area contributed by atoms with Crippen molar-refractivity contribution in [1.29, 1.82) is 0 Å². The molecule has 1 aromatic rings. The van der Waals surface area contributed by atoms with E-state index in [1.165, 1.54) is 12.1 Å². The Bertz CT molecular complexity index is 341. The zero-order valence-corrected chi connectivity index (χ0v) is 7.92. The zero-order valence-electron chi connectivity index (χ0n) is 7.17. The molecule has 0 saturated heterocycles. The van der Waals surface area contributed by atoms with Crippen LogP contribution in [0, 0.1) is 5.82 Å². The molecule has 0 spiro atoms. The lowest BCUT2D eigenvalue weighted by Crippen LogP contribution is -2.10. The van der Waals surface area contributed by atoms with Crippen LogP contribution in [0.4, 0.5) is 4.39 Å². The molecular formula is C9H8ClFO3. The number of halogens is 2. The Kier molecular flexibility index (Phi) is 3.85. The van der Waals surface area contributed by atoms with Gasteiger partial charge in [-0.3, -0.25) is 0 Å². The van der Waals surface area contributed by atoms with Crippen molar-refractivity contribution in [3.8, 4) is 0 Å². The van der Waals surface area contributed by atoms with Gasteiger partial charge in [0, 0.05) is 5.02 Å². The van der Waals surface area contributed by atoms with Gasteiger partial charge in [0.15, 0.2) is 0 Å². The van der Waals surface area contributed by atoms with Gasteiger partial charge in [-0.05, 0) is 18.2 Å². The molecule has 0 atom stereocenters. The molecule has 14 heavy (non-hydrogen) atoms. The first kappa shape index (κ1) is 10.9. The van der Waals surface area contributed by atoms with Gasteiger partial charge >= 0.3 is 5.97 Å². The lowest BCUT2D eigenvalue weighted by molar-refractivity contribution is 0.0428. The van der Waals surface area contributed by atoms with Gasteiger partial charge in [0.05, 0.1) is 12.2 Å². The summed E-state index contributed by atoms with van der Waals surface area (Å²) in [7, 11) is 0. The van der Waals surface area contributed by atoms with Gasteiger partial charge in [-0.2, -0.15) is 0 Å². The third-order valence-electron chi connectivity index (χ3n) is 1.47. The fourth-order valence-electron chi connectivity index (χ4n) is 0.870. The van der Waals surface area contributed by atoms with E-state index in [1.54, 1.807) is 0 Å². The maximum absolute atomic E-state index is 13.0. The number of hydrogen-bond acceptors (Lipinski definition) is 3. The Hall–Kier alpha value is -1.13. The Morgan fingerprint density at radius 2 is 2.29 bits per heavy atom. The van der Waals surface area contributed by atoms with Crippen LogP contribution in [0.2, 0.25) is 5.02 Å². The lowest BCUT2D eigenvalue weighted by Gasteiger charge is -2.03. The number of carbonyl (C=O) groups is 1. The van der Waals surface area contributed by atoms with Crippen molar-refractivity contribution >= 4 is 17.6 Å². The van der Waals surface area contributed by atoms with Crippen LogP contribution in [0.3, 0.4) is 0 Å². The van der Waals surface area contributed by atoms with Crippen molar-refractivity contribution in [2.75, 3.05) is 13.2 Å². The van der Waals surface area contributed by atoms with E-state index < -0.39 is 11.8 Å². The zero-order chi connectivity index (χ0) is 10.6. The third-order valence-corrected chi connectivity index (χ3v) is 1.71. The van der Waals surface area contributed by atoms with Crippen LogP contribution in [0.1, 0.15) is 10.4 Å². The maximum atomic E-state index is 13.0. The summed E-state index contributed by atoms with van der Waals surface area (Å²) >= 11 is 5.57. The molecular weight excluding hydrogens is 211 g/mol. The summed E-state index contributed by atoms with van der Waals surface area (Å²) in [4.78, 5) is 11.1. The minimum absolute atomic E-state index is 0.162. The van der Waals surface area contributed by atoms with Gasteiger partial charge in [-0.15, -0.1) is 0 Å². The van der Waals surface area contributed by atoms with Crippen molar-refractivity contribution in [2.45, 2.75) is 0 Å². The van der Waals surface area contributed by atoms with Gasteiger partial charge in [0.25, 0.3) is 0 Å². The molecule has 0 aliphatic rings. The van der Waals surface area contributed by atoms with Crippen molar-refractivity contribution in [3.63, 3.8) is 0 Å². The molecule has 0 fully saturated rings. The largest absolute Gasteiger partial charge is 0.460 e. The normalized spacial score (nSPS) is 9.93. The molecule has 0 aromatic heterocycles. The van der Waals surface area contributed by atoms with E-state index >= 15 is 0 Å². The van der Waals surface area contributed by atoms with Gasteiger partial charge in [-0.25, -0.2) is 9.18 Å². The standard InChI is InChI=1S/C9H8ClFO3/c10-6-1-2-8(11)7(5-6)9(13)14-4-3-12/h1-2,5,12H,3-4H2. The average Bonchev–Trinajstić information content (AvgIpc) is 2.18. The van der Waals surface area contributed by atoms with Crippen LogP contribution in [0.15, 0.2) is 18.2 Å². The minimum Gasteiger partial charge on any atom is -0.460 e. The smallest absolute Gasteiger partial charge is 0.341 e. The maximum Gasteiger partial charge on any atom is 0.341 e. The average molecular weight is 219 g/mol. The highest BCUT2D eigenvalue weighted by Gasteiger charge is 2.13. The SMILES string of the molecule is O=C(OCCO)c1cc(Cl)ccc1F. The highest BCUT2D eigenvalue weighted by Crippen LogP contribution is 2.15. The Labute approximate surface area is 85.1 Å². The van der Waals surface area contributed by atoms with Crippen LogP contribution in [-0.2, 0) is 4.74 Å². The summed E-state index contributed by atoms with van der Waals surface area (Å²) in [6.07, 6.45) is 0. The molecule has 5 heteroatoms. The summed E-state index contributed by atoms with van der Waals surface area (Å²) in [6.45, 7) is -0.460. The van der Waals surface area contributed by atoms with Crippen LogP contribution < -0.4 is 0 Å². The van der Waals surface area contributed by atoms with Gasteiger partial charge in [0.2, 0.25) is 0 Å². The molecule has 0 heterocycles. The highest BCUT2D eigenvalue weighted by atomic mass is 35.5. The van der Waals surface area contributed by atoms with E-state index in [0.29, 0.717) is 0 Å². The van der Waals surface area contributed by atoms with Crippen molar-refractivity contribution in [2.24, 2.45) is 0 Å². The van der Waals surface area contributed by atoms with E-state index in [4.69, 9.17) is 16.7 Å². The van der Waals surface area contributed by atoms with Gasteiger partial charge < -0.3 is 9.84 Å². The molecule has 0 unspecified atom stereocenters. The predicted molar refractivity (Wildman–Crippen MR) is 48.8 cm³/mol. The van der Waals surface area contributed by atoms with Crippen LogP contribution in [0.5, 0.6) is 0 Å². The molecule has 0 radical (unpaired) electrons. The Balaban J connectivity index is 2.83. The predicted octanol–water partition coefficient (Wildman–Crippen LogP) is 1.63. The molecule has 1 aromatic carbocycles. The van der Waals surface area contributed by atoms with Crippen LogP contribution >= 0.6 is 11.6 Å². The first-order chi connectivity index (χ1) is 6.65. The van der Waals surface area contributed by atoms with Crippen molar-refractivity contribution in [3.05, 3.63) is 34.6 Å². The Morgan fingerprint density at radius 1 is 1.57 bits per heavy atom. The topological polar surface area (TPSA) is 46.5 Å². The number of aliphatic hydroxyl groups is 1. The molecule has 76 valence electrons. The second-order valence-electron chi connectivity index (χ2n) is 2.48. The molecule has 0 saturated carbocycles. The number of esters is 1. The monoisotopic (exact) mass is 218 g/mol. The molecule has 1 rings (SSSR count). The van der Waals surface area contributed by atoms with E-state index in [2.05, 4.69) is 4.74 Å². The molecule has 0 bridgehead atoms. The van der Waals surface area contributed by atoms with Crippen molar-refractivity contribution in [1.82, 2.24) is 0 Å². The number of ether oxygens (including phenoxy) is 1. The quantitative estimate of drug-likeness (QED) is 0.785. The van der Waals surface area contributed by atoms with Crippen LogP contribution in [0.25, 0.3) is 0 Å². The van der Waals surface area contributed by atoms with Gasteiger partial charge in [-0.1, -0.05) is 11.6 Å².